The van der Waals surface area contributed by atoms with Gasteiger partial charge in [-0.2, -0.15) is 0 Å². The third-order valence-electron chi connectivity index (χ3n) is 3.23. The van der Waals surface area contributed by atoms with Crippen LogP contribution in [0.2, 0.25) is 0 Å². The number of hydrogen-bond donors (Lipinski definition) is 1. The standard InChI is InChI=1S/C11H20N2O2/c14-11(13-4-6-15-7-5-13)8-10-2-1-3-12-9-10/h10,12H,1-9H2/t10-/m0/s1. The van der Waals surface area contributed by atoms with Crippen molar-refractivity contribution in [1.29, 1.82) is 0 Å². The van der Waals surface area contributed by atoms with E-state index in [4.69, 9.17) is 4.74 Å². The highest BCUT2D eigenvalue weighted by atomic mass is 16.5. The smallest absolute Gasteiger partial charge is 0.223 e. The Kier molecular flexibility index (Phi) is 3.97. The monoisotopic (exact) mass is 212 g/mol. The number of piperidine rings is 1. The molecule has 0 aliphatic carbocycles. The van der Waals surface area contributed by atoms with Crippen LogP contribution in [0.1, 0.15) is 19.3 Å². The number of ether oxygens (including phenoxy) is 1. The van der Waals surface area contributed by atoms with Gasteiger partial charge in [0, 0.05) is 19.5 Å². The number of nitrogens with zero attached hydrogens (tertiary/aromatic N) is 1. The zero-order valence-corrected chi connectivity index (χ0v) is 9.21. The molecular weight excluding hydrogens is 192 g/mol. The second kappa shape index (κ2) is 5.47. The van der Waals surface area contributed by atoms with Crippen molar-refractivity contribution in [3.63, 3.8) is 0 Å². The molecule has 15 heavy (non-hydrogen) atoms. The molecule has 1 N–H and O–H groups in total. The van der Waals surface area contributed by atoms with Gasteiger partial charge in [0.05, 0.1) is 13.2 Å². The summed E-state index contributed by atoms with van der Waals surface area (Å²) in [6.07, 6.45) is 3.12. The van der Waals surface area contributed by atoms with Crippen LogP contribution < -0.4 is 5.32 Å². The van der Waals surface area contributed by atoms with Gasteiger partial charge >= 0.3 is 0 Å². The molecule has 0 saturated carbocycles. The van der Waals surface area contributed by atoms with E-state index < -0.39 is 0 Å². The third kappa shape index (κ3) is 3.18. The average molecular weight is 212 g/mol. The average Bonchev–Trinajstić information content (AvgIpc) is 2.31. The van der Waals surface area contributed by atoms with E-state index in [0.717, 1.165) is 26.2 Å². The first kappa shape index (κ1) is 10.9. The summed E-state index contributed by atoms with van der Waals surface area (Å²) in [6.45, 7) is 5.08. The summed E-state index contributed by atoms with van der Waals surface area (Å²) in [7, 11) is 0. The number of morpholine rings is 1. The highest BCUT2D eigenvalue weighted by Crippen LogP contribution is 2.15. The summed E-state index contributed by atoms with van der Waals surface area (Å²) in [5.74, 6) is 0.862. The number of carbonyl (C=O) groups is 1. The first-order chi connectivity index (χ1) is 7.36. The van der Waals surface area contributed by atoms with Crippen molar-refractivity contribution in [3.8, 4) is 0 Å². The zero-order valence-electron chi connectivity index (χ0n) is 9.21. The SMILES string of the molecule is O=C(C[C@@H]1CCCNC1)N1CCOCC1. The lowest BCUT2D eigenvalue weighted by Crippen LogP contribution is -2.42. The van der Waals surface area contributed by atoms with Gasteiger partial charge in [-0.15, -0.1) is 0 Å². The topological polar surface area (TPSA) is 41.6 Å². The van der Waals surface area contributed by atoms with Crippen molar-refractivity contribution in [2.24, 2.45) is 5.92 Å². The molecule has 2 aliphatic heterocycles. The molecule has 2 aliphatic rings. The maximum Gasteiger partial charge on any atom is 0.223 e. The summed E-state index contributed by atoms with van der Waals surface area (Å²) < 4.78 is 5.23. The van der Waals surface area contributed by atoms with Gasteiger partial charge in [-0.3, -0.25) is 4.79 Å². The van der Waals surface area contributed by atoms with Crippen LogP contribution in [0.15, 0.2) is 0 Å². The summed E-state index contributed by atoms with van der Waals surface area (Å²) in [5.41, 5.74) is 0. The minimum Gasteiger partial charge on any atom is -0.378 e. The number of nitrogens with one attached hydrogen (secondary N) is 1. The molecule has 0 spiro atoms. The Morgan fingerprint density at radius 2 is 2.20 bits per heavy atom. The minimum absolute atomic E-state index is 0.312. The fourth-order valence-electron chi connectivity index (χ4n) is 2.29. The molecule has 0 aromatic rings. The van der Waals surface area contributed by atoms with Crippen LogP contribution in [0, 0.1) is 5.92 Å². The van der Waals surface area contributed by atoms with Crippen molar-refractivity contribution >= 4 is 5.91 Å². The summed E-state index contributed by atoms with van der Waals surface area (Å²) in [6, 6.07) is 0. The van der Waals surface area contributed by atoms with E-state index >= 15 is 0 Å². The predicted octanol–water partition coefficient (Wildman–Crippen LogP) is 0.235. The Labute approximate surface area is 91.0 Å². The third-order valence-corrected chi connectivity index (χ3v) is 3.23. The normalized spacial score (nSPS) is 27.7. The van der Waals surface area contributed by atoms with Crippen molar-refractivity contribution in [1.82, 2.24) is 10.2 Å². The zero-order chi connectivity index (χ0) is 10.5. The Hall–Kier alpha value is -0.610. The Morgan fingerprint density at radius 3 is 2.87 bits per heavy atom. The van der Waals surface area contributed by atoms with Crippen LogP contribution in [0.5, 0.6) is 0 Å². The van der Waals surface area contributed by atoms with Crippen molar-refractivity contribution in [3.05, 3.63) is 0 Å². The van der Waals surface area contributed by atoms with E-state index in [1.54, 1.807) is 0 Å². The number of hydrogen-bond acceptors (Lipinski definition) is 3. The van der Waals surface area contributed by atoms with E-state index in [0.29, 0.717) is 31.5 Å². The molecule has 0 bridgehead atoms. The molecule has 0 unspecified atom stereocenters. The molecule has 1 atom stereocenters. The van der Waals surface area contributed by atoms with Gasteiger partial charge in [-0.25, -0.2) is 0 Å². The molecule has 4 nitrogen and oxygen atoms in total. The highest BCUT2D eigenvalue weighted by molar-refractivity contribution is 5.76. The summed E-state index contributed by atoms with van der Waals surface area (Å²) >= 11 is 0. The van der Waals surface area contributed by atoms with E-state index in [1.165, 1.54) is 12.8 Å². The maximum absolute atomic E-state index is 11.9. The maximum atomic E-state index is 11.9. The summed E-state index contributed by atoms with van der Waals surface area (Å²) in [4.78, 5) is 13.9. The van der Waals surface area contributed by atoms with Crippen LogP contribution >= 0.6 is 0 Å². The lowest BCUT2D eigenvalue weighted by atomic mass is 9.95. The van der Waals surface area contributed by atoms with E-state index in [1.807, 2.05) is 4.90 Å². The first-order valence-corrected chi connectivity index (χ1v) is 5.92. The predicted molar refractivity (Wildman–Crippen MR) is 57.6 cm³/mol. The van der Waals surface area contributed by atoms with Crippen molar-refractivity contribution in [2.75, 3.05) is 39.4 Å². The van der Waals surface area contributed by atoms with Gasteiger partial charge in [0.15, 0.2) is 0 Å². The molecule has 4 heteroatoms. The van der Waals surface area contributed by atoms with E-state index in [-0.39, 0.29) is 0 Å². The van der Waals surface area contributed by atoms with Gasteiger partial charge < -0.3 is 15.0 Å². The molecule has 0 radical (unpaired) electrons. The molecule has 2 rings (SSSR count). The molecule has 1 amide bonds. The molecule has 0 aromatic heterocycles. The second-order valence-electron chi connectivity index (χ2n) is 4.41. The number of rotatable bonds is 2. The Morgan fingerprint density at radius 1 is 1.40 bits per heavy atom. The molecule has 2 heterocycles. The molecular formula is C11H20N2O2. The van der Waals surface area contributed by atoms with Gasteiger partial charge in [0.2, 0.25) is 5.91 Å². The van der Waals surface area contributed by atoms with Crippen LogP contribution in [0.25, 0.3) is 0 Å². The molecule has 2 fully saturated rings. The van der Waals surface area contributed by atoms with Crippen LogP contribution in [-0.4, -0.2) is 50.2 Å². The molecule has 2 saturated heterocycles. The van der Waals surface area contributed by atoms with Crippen LogP contribution in [-0.2, 0) is 9.53 Å². The minimum atomic E-state index is 0.312. The lowest BCUT2D eigenvalue weighted by Gasteiger charge is -2.29. The largest absolute Gasteiger partial charge is 0.378 e. The second-order valence-corrected chi connectivity index (χ2v) is 4.41. The van der Waals surface area contributed by atoms with Crippen molar-refractivity contribution < 1.29 is 9.53 Å². The fraction of sp³-hybridized carbons (Fsp3) is 0.909. The van der Waals surface area contributed by atoms with Gasteiger partial charge in [0.25, 0.3) is 0 Å². The van der Waals surface area contributed by atoms with Gasteiger partial charge in [-0.1, -0.05) is 0 Å². The van der Waals surface area contributed by atoms with Gasteiger partial charge in [0.1, 0.15) is 0 Å². The fourth-order valence-corrected chi connectivity index (χ4v) is 2.29. The van der Waals surface area contributed by atoms with Crippen molar-refractivity contribution in [2.45, 2.75) is 19.3 Å². The summed E-state index contributed by atoms with van der Waals surface area (Å²) in [5, 5.41) is 3.35. The van der Waals surface area contributed by atoms with E-state index in [2.05, 4.69) is 5.32 Å². The van der Waals surface area contributed by atoms with Gasteiger partial charge in [-0.05, 0) is 31.8 Å². The van der Waals surface area contributed by atoms with E-state index in [9.17, 15) is 4.79 Å². The number of carbonyl (C=O) groups excluding carboxylic acids is 1. The van der Waals surface area contributed by atoms with Crippen LogP contribution in [0.3, 0.4) is 0 Å². The lowest BCUT2D eigenvalue weighted by molar-refractivity contribution is -0.136. The Bertz CT molecular complexity index is 209. The Balaban J connectivity index is 1.74. The molecule has 0 aromatic carbocycles. The quantitative estimate of drug-likeness (QED) is 0.712. The van der Waals surface area contributed by atoms with Crippen LogP contribution in [0.4, 0.5) is 0 Å². The number of amides is 1. The first-order valence-electron chi connectivity index (χ1n) is 5.92. The molecule has 86 valence electrons. The highest BCUT2D eigenvalue weighted by Gasteiger charge is 2.21.